The first-order valence-electron chi connectivity index (χ1n) is 6.93. The summed E-state index contributed by atoms with van der Waals surface area (Å²) in [4.78, 5) is 8.55. The molecule has 6 nitrogen and oxygen atoms in total. The van der Waals surface area contributed by atoms with Crippen LogP contribution in [0.3, 0.4) is 0 Å². The predicted octanol–water partition coefficient (Wildman–Crippen LogP) is 0.899. The summed E-state index contributed by atoms with van der Waals surface area (Å²) in [6.07, 6.45) is 5.79. The number of aryl methyl sites for hydroxylation is 1. The maximum atomic E-state index is 4.30. The quantitative estimate of drug-likeness (QED) is 0.638. The van der Waals surface area contributed by atoms with E-state index in [0.29, 0.717) is 6.04 Å². The molecule has 1 aromatic rings. The van der Waals surface area contributed by atoms with Crippen molar-refractivity contribution < 1.29 is 0 Å². The van der Waals surface area contributed by atoms with Gasteiger partial charge in [0.25, 0.3) is 0 Å². The molecule has 1 atom stereocenters. The lowest BCUT2D eigenvalue weighted by atomic mass is 10.1. The molecule has 2 rings (SSSR count). The minimum absolute atomic E-state index is 0.198. The van der Waals surface area contributed by atoms with Crippen molar-refractivity contribution in [2.24, 2.45) is 4.99 Å². The van der Waals surface area contributed by atoms with Crippen molar-refractivity contribution in [2.75, 3.05) is 19.8 Å². The molecule has 1 aliphatic heterocycles. The van der Waals surface area contributed by atoms with E-state index in [0.717, 1.165) is 37.7 Å². The van der Waals surface area contributed by atoms with E-state index in [9.17, 15) is 0 Å². The average molecular weight is 296 g/mol. The number of aromatic nitrogens is 3. The predicted molar refractivity (Wildman–Crippen MR) is 84.2 cm³/mol. The van der Waals surface area contributed by atoms with Gasteiger partial charge in [-0.05, 0) is 26.5 Å². The van der Waals surface area contributed by atoms with Crippen molar-refractivity contribution in [3.05, 3.63) is 12.2 Å². The van der Waals surface area contributed by atoms with E-state index < -0.39 is 0 Å². The van der Waals surface area contributed by atoms with E-state index in [1.54, 1.807) is 6.33 Å². The van der Waals surface area contributed by atoms with Gasteiger partial charge in [-0.3, -0.25) is 4.99 Å². The second kappa shape index (κ2) is 6.47. The highest BCUT2D eigenvalue weighted by atomic mass is 32.2. The van der Waals surface area contributed by atoms with Gasteiger partial charge in [0.2, 0.25) is 0 Å². The third kappa shape index (κ3) is 3.88. The topological polar surface area (TPSA) is 67.1 Å². The zero-order valence-corrected chi connectivity index (χ0v) is 13.5. The van der Waals surface area contributed by atoms with Crippen LogP contribution >= 0.6 is 11.8 Å². The third-order valence-corrected chi connectivity index (χ3v) is 4.85. The summed E-state index contributed by atoms with van der Waals surface area (Å²) in [5.74, 6) is 1.94. The number of nitrogens with zero attached hydrogens (tertiary/aromatic N) is 4. The van der Waals surface area contributed by atoms with Crippen LogP contribution in [0.4, 0.5) is 0 Å². The summed E-state index contributed by atoms with van der Waals surface area (Å²) in [7, 11) is 1.81. The van der Waals surface area contributed by atoms with Gasteiger partial charge in [-0.25, -0.2) is 9.67 Å². The van der Waals surface area contributed by atoms with Gasteiger partial charge in [-0.2, -0.15) is 16.9 Å². The van der Waals surface area contributed by atoms with Gasteiger partial charge >= 0.3 is 0 Å². The van der Waals surface area contributed by atoms with E-state index >= 15 is 0 Å². The monoisotopic (exact) mass is 296 g/mol. The summed E-state index contributed by atoms with van der Waals surface area (Å²) < 4.78 is 2.17. The molecule has 1 unspecified atom stereocenters. The van der Waals surface area contributed by atoms with Gasteiger partial charge in [0, 0.05) is 30.8 Å². The van der Waals surface area contributed by atoms with E-state index in [-0.39, 0.29) is 4.75 Å². The van der Waals surface area contributed by atoms with Crippen molar-refractivity contribution >= 4 is 17.7 Å². The lowest BCUT2D eigenvalue weighted by molar-refractivity contribution is 0.392. The normalized spacial score (nSPS) is 19.6. The van der Waals surface area contributed by atoms with Crippen LogP contribution in [0.1, 0.15) is 26.1 Å². The minimum atomic E-state index is 0.198. The van der Waals surface area contributed by atoms with Gasteiger partial charge in [0.05, 0.1) is 6.54 Å². The number of guanidine groups is 1. The Bertz CT molecular complexity index is 467. The van der Waals surface area contributed by atoms with Crippen LogP contribution < -0.4 is 10.6 Å². The van der Waals surface area contributed by atoms with Gasteiger partial charge in [-0.15, -0.1) is 0 Å². The van der Waals surface area contributed by atoms with Crippen molar-refractivity contribution in [1.29, 1.82) is 0 Å². The molecule has 0 saturated carbocycles. The highest BCUT2D eigenvalue weighted by Gasteiger charge is 2.21. The molecule has 0 radical (unpaired) electrons. The van der Waals surface area contributed by atoms with Gasteiger partial charge in [-0.1, -0.05) is 0 Å². The number of rotatable bonds is 4. The van der Waals surface area contributed by atoms with Gasteiger partial charge < -0.3 is 10.6 Å². The number of fused-ring (bicyclic) bond motifs is 1. The van der Waals surface area contributed by atoms with Crippen molar-refractivity contribution in [2.45, 2.75) is 44.0 Å². The molecular weight excluding hydrogens is 272 g/mol. The first-order chi connectivity index (χ1) is 9.54. The van der Waals surface area contributed by atoms with E-state index in [1.165, 1.54) is 0 Å². The fourth-order valence-corrected chi connectivity index (χ4v) is 2.33. The van der Waals surface area contributed by atoms with Gasteiger partial charge in [0.1, 0.15) is 12.2 Å². The summed E-state index contributed by atoms with van der Waals surface area (Å²) in [6.45, 7) is 6.18. The summed E-state index contributed by atoms with van der Waals surface area (Å²) in [5, 5.41) is 11.1. The highest BCUT2D eigenvalue weighted by molar-refractivity contribution is 7.99. The lowest BCUT2D eigenvalue weighted by Gasteiger charge is -2.28. The average Bonchev–Trinajstić information content (AvgIpc) is 2.91. The zero-order valence-electron chi connectivity index (χ0n) is 12.7. The standard InChI is InChI=1S/C13H24N6S/c1-13(2,20-4)8-15-12(14-3)18-10-5-6-11-16-9-17-19(11)7-10/h9-10H,5-8H2,1-4H3,(H2,14,15,18). The van der Waals surface area contributed by atoms with Crippen LogP contribution in [0.5, 0.6) is 0 Å². The number of hydrogen-bond acceptors (Lipinski definition) is 4. The molecule has 0 aromatic carbocycles. The SMILES string of the molecule is CN=C(NCC(C)(C)SC)NC1CCc2ncnn2C1. The largest absolute Gasteiger partial charge is 0.355 e. The van der Waals surface area contributed by atoms with Crippen molar-refractivity contribution in [1.82, 2.24) is 25.4 Å². The molecule has 1 aliphatic rings. The molecule has 112 valence electrons. The first-order valence-corrected chi connectivity index (χ1v) is 8.15. The molecule has 2 N–H and O–H groups in total. The number of hydrogen-bond donors (Lipinski definition) is 2. The second-order valence-corrected chi connectivity index (χ2v) is 7.14. The highest BCUT2D eigenvalue weighted by Crippen LogP contribution is 2.19. The molecule has 0 amide bonds. The molecule has 1 aromatic heterocycles. The Morgan fingerprint density at radius 3 is 3.10 bits per heavy atom. The number of aliphatic imine (C=N–C) groups is 1. The first kappa shape index (κ1) is 15.2. The Morgan fingerprint density at radius 2 is 2.40 bits per heavy atom. The van der Waals surface area contributed by atoms with Gasteiger partial charge in [0.15, 0.2) is 5.96 Å². The van der Waals surface area contributed by atoms with E-state index in [4.69, 9.17) is 0 Å². The van der Waals surface area contributed by atoms with Crippen LogP contribution in [-0.2, 0) is 13.0 Å². The molecule has 20 heavy (non-hydrogen) atoms. The number of thioether (sulfide) groups is 1. The Balaban J connectivity index is 1.86. The van der Waals surface area contributed by atoms with Crippen LogP contribution in [-0.4, -0.2) is 51.4 Å². The van der Waals surface area contributed by atoms with E-state index in [1.807, 2.05) is 23.5 Å². The van der Waals surface area contributed by atoms with Crippen molar-refractivity contribution in [3.8, 4) is 0 Å². The fraction of sp³-hybridized carbons (Fsp3) is 0.769. The molecular formula is C13H24N6S. The zero-order chi connectivity index (χ0) is 14.6. The Kier molecular flexibility index (Phi) is 4.91. The third-order valence-electron chi connectivity index (χ3n) is 3.60. The summed E-state index contributed by atoms with van der Waals surface area (Å²) in [5.41, 5.74) is 0. The van der Waals surface area contributed by atoms with Crippen LogP contribution in [0.2, 0.25) is 0 Å². The molecule has 0 aliphatic carbocycles. The Morgan fingerprint density at radius 1 is 1.60 bits per heavy atom. The van der Waals surface area contributed by atoms with Crippen molar-refractivity contribution in [3.63, 3.8) is 0 Å². The maximum absolute atomic E-state index is 4.30. The molecule has 0 spiro atoms. The minimum Gasteiger partial charge on any atom is -0.355 e. The molecule has 7 heteroatoms. The van der Waals surface area contributed by atoms with Crippen LogP contribution in [0, 0.1) is 0 Å². The van der Waals surface area contributed by atoms with E-state index in [2.05, 4.69) is 45.8 Å². The summed E-state index contributed by atoms with van der Waals surface area (Å²) in [6, 6.07) is 0.354. The molecule has 2 heterocycles. The Labute approximate surface area is 124 Å². The smallest absolute Gasteiger partial charge is 0.191 e. The summed E-state index contributed by atoms with van der Waals surface area (Å²) >= 11 is 1.85. The number of nitrogens with one attached hydrogen (secondary N) is 2. The van der Waals surface area contributed by atoms with Crippen LogP contribution in [0.25, 0.3) is 0 Å². The Hall–Kier alpha value is -1.24. The molecule has 0 fully saturated rings. The maximum Gasteiger partial charge on any atom is 0.191 e. The van der Waals surface area contributed by atoms with Crippen LogP contribution in [0.15, 0.2) is 11.3 Å². The fourth-order valence-electron chi connectivity index (χ4n) is 2.11. The second-order valence-electron chi connectivity index (χ2n) is 5.63. The molecule has 0 saturated heterocycles. The lowest BCUT2D eigenvalue weighted by Crippen LogP contribution is -2.49. The molecule has 0 bridgehead atoms.